The monoisotopic (exact) mass is 282 g/mol. The van der Waals surface area contributed by atoms with Crippen LogP contribution in [0.4, 0.5) is 0 Å². The van der Waals surface area contributed by atoms with E-state index in [1.165, 1.54) is 25.7 Å². The molecule has 0 heterocycles. The van der Waals surface area contributed by atoms with Crippen LogP contribution < -0.4 is 5.32 Å². The van der Waals surface area contributed by atoms with Crippen LogP contribution in [-0.4, -0.2) is 35.8 Å². The van der Waals surface area contributed by atoms with E-state index in [1.54, 1.807) is 18.7 Å². The van der Waals surface area contributed by atoms with Gasteiger partial charge in [0.05, 0.1) is 0 Å². The highest BCUT2D eigenvalue weighted by Crippen LogP contribution is 2.22. The summed E-state index contributed by atoms with van der Waals surface area (Å²) < 4.78 is 0. The summed E-state index contributed by atoms with van der Waals surface area (Å²) in [7, 11) is 0. The van der Waals surface area contributed by atoms with Crippen molar-refractivity contribution in [1.29, 1.82) is 0 Å². The Morgan fingerprint density at radius 1 is 1.05 bits per heavy atom. The lowest BCUT2D eigenvalue weighted by molar-refractivity contribution is -0.148. The third-order valence-electron chi connectivity index (χ3n) is 4.34. The number of nitrogens with one attached hydrogen (secondary N) is 1. The van der Waals surface area contributed by atoms with Gasteiger partial charge in [-0.15, -0.1) is 0 Å². The van der Waals surface area contributed by atoms with E-state index >= 15 is 0 Å². The van der Waals surface area contributed by atoms with Gasteiger partial charge in [0.1, 0.15) is 5.41 Å². The van der Waals surface area contributed by atoms with Gasteiger partial charge in [0.25, 0.3) is 0 Å². The second kappa shape index (κ2) is 7.65. The number of hydrogen-bond donors (Lipinski definition) is 1. The molecule has 0 aromatic heterocycles. The highest BCUT2D eigenvalue weighted by molar-refractivity contribution is 6.04. The molecule has 116 valence electrons. The molecule has 2 amide bonds. The summed E-state index contributed by atoms with van der Waals surface area (Å²) in [5.41, 5.74) is -0.974. The zero-order chi connectivity index (χ0) is 15.2. The summed E-state index contributed by atoms with van der Waals surface area (Å²) in [5, 5.41) is 3.10. The molecule has 0 spiro atoms. The Morgan fingerprint density at radius 2 is 1.55 bits per heavy atom. The Morgan fingerprint density at radius 3 is 2.00 bits per heavy atom. The molecule has 20 heavy (non-hydrogen) atoms. The number of carbonyl (C=O) groups excluding carboxylic acids is 2. The van der Waals surface area contributed by atoms with Crippen molar-refractivity contribution in [2.24, 2.45) is 5.41 Å². The van der Waals surface area contributed by atoms with E-state index in [1.807, 2.05) is 13.8 Å². The Labute approximate surface area is 123 Å². The van der Waals surface area contributed by atoms with E-state index in [0.717, 1.165) is 12.8 Å². The van der Waals surface area contributed by atoms with Gasteiger partial charge in [-0.3, -0.25) is 9.59 Å². The first-order valence-electron chi connectivity index (χ1n) is 8.03. The van der Waals surface area contributed by atoms with Crippen molar-refractivity contribution in [2.75, 3.05) is 13.1 Å². The minimum atomic E-state index is -0.974. The zero-order valence-electron chi connectivity index (χ0n) is 13.5. The molecule has 4 nitrogen and oxygen atoms in total. The van der Waals surface area contributed by atoms with Crippen LogP contribution in [0.5, 0.6) is 0 Å². The first kappa shape index (κ1) is 17.0. The van der Waals surface area contributed by atoms with Crippen LogP contribution in [-0.2, 0) is 9.59 Å². The van der Waals surface area contributed by atoms with Crippen LogP contribution >= 0.6 is 0 Å². The van der Waals surface area contributed by atoms with Crippen molar-refractivity contribution in [3.63, 3.8) is 0 Å². The summed E-state index contributed by atoms with van der Waals surface area (Å²) in [5.74, 6) is -0.199. The van der Waals surface area contributed by atoms with Crippen LogP contribution in [0.15, 0.2) is 0 Å². The highest BCUT2D eigenvalue weighted by atomic mass is 16.2. The standard InChI is InChI=1S/C16H30N2O2/c1-5-18(6-2)15(20)16(3,4)14(19)17-13-11-9-7-8-10-12-13/h13H,5-12H2,1-4H3,(H,17,19). The zero-order valence-corrected chi connectivity index (χ0v) is 13.5. The van der Waals surface area contributed by atoms with E-state index < -0.39 is 5.41 Å². The molecule has 4 heteroatoms. The van der Waals surface area contributed by atoms with E-state index in [2.05, 4.69) is 5.32 Å². The van der Waals surface area contributed by atoms with Crippen molar-refractivity contribution < 1.29 is 9.59 Å². The first-order valence-corrected chi connectivity index (χ1v) is 8.03. The normalized spacial score (nSPS) is 17.4. The molecule has 0 aromatic rings. The summed E-state index contributed by atoms with van der Waals surface area (Å²) in [6, 6.07) is 0.244. The Bertz CT molecular complexity index is 327. The molecule has 0 aromatic carbocycles. The Kier molecular flexibility index (Phi) is 6.50. The minimum Gasteiger partial charge on any atom is -0.352 e. The fourth-order valence-corrected chi connectivity index (χ4v) is 2.79. The topological polar surface area (TPSA) is 49.4 Å². The summed E-state index contributed by atoms with van der Waals surface area (Å²) in [6.07, 6.45) is 6.95. The predicted octanol–water partition coefficient (Wildman–Crippen LogP) is 2.72. The summed E-state index contributed by atoms with van der Waals surface area (Å²) in [6.45, 7) is 8.66. The number of hydrogen-bond acceptors (Lipinski definition) is 2. The van der Waals surface area contributed by atoms with E-state index in [4.69, 9.17) is 0 Å². The molecule has 0 bridgehead atoms. The molecule has 1 N–H and O–H groups in total. The Hall–Kier alpha value is -1.06. The fraction of sp³-hybridized carbons (Fsp3) is 0.875. The van der Waals surface area contributed by atoms with Gasteiger partial charge >= 0.3 is 0 Å². The van der Waals surface area contributed by atoms with Crippen molar-refractivity contribution in [3.05, 3.63) is 0 Å². The quantitative estimate of drug-likeness (QED) is 0.622. The van der Waals surface area contributed by atoms with Gasteiger partial charge in [-0.25, -0.2) is 0 Å². The third-order valence-corrected chi connectivity index (χ3v) is 4.34. The second-order valence-corrected chi connectivity index (χ2v) is 6.26. The van der Waals surface area contributed by atoms with Gasteiger partial charge in [0, 0.05) is 19.1 Å². The minimum absolute atomic E-state index is 0.0754. The number of amides is 2. The van der Waals surface area contributed by atoms with Crippen molar-refractivity contribution in [3.8, 4) is 0 Å². The van der Waals surface area contributed by atoms with Crippen LogP contribution in [0.3, 0.4) is 0 Å². The number of rotatable bonds is 5. The average molecular weight is 282 g/mol. The average Bonchev–Trinajstić information content (AvgIpc) is 2.68. The molecule has 0 saturated heterocycles. The molecule has 1 fully saturated rings. The summed E-state index contributed by atoms with van der Waals surface area (Å²) >= 11 is 0. The maximum atomic E-state index is 12.5. The lowest BCUT2D eigenvalue weighted by atomic mass is 9.89. The molecule has 0 atom stereocenters. The molecule has 1 saturated carbocycles. The van der Waals surface area contributed by atoms with Gasteiger partial charge in [-0.1, -0.05) is 25.7 Å². The predicted molar refractivity (Wildman–Crippen MR) is 81.3 cm³/mol. The third kappa shape index (κ3) is 4.22. The van der Waals surface area contributed by atoms with E-state index in [0.29, 0.717) is 13.1 Å². The van der Waals surface area contributed by atoms with Gasteiger partial charge in [-0.2, -0.15) is 0 Å². The maximum absolute atomic E-state index is 12.5. The maximum Gasteiger partial charge on any atom is 0.237 e. The highest BCUT2D eigenvalue weighted by Gasteiger charge is 2.39. The number of nitrogens with zero attached hydrogens (tertiary/aromatic N) is 1. The van der Waals surface area contributed by atoms with Gasteiger partial charge in [0.2, 0.25) is 11.8 Å². The van der Waals surface area contributed by atoms with Crippen LogP contribution in [0.1, 0.15) is 66.2 Å². The molecule has 1 aliphatic rings. The van der Waals surface area contributed by atoms with Crippen molar-refractivity contribution >= 4 is 11.8 Å². The van der Waals surface area contributed by atoms with Crippen molar-refractivity contribution in [2.45, 2.75) is 72.3 Å². The number of carbonyl (C=O) groups is 2. The largest absolute Gasteiger partial charge is 0.352 e. The van der Waals surface area contributed by atoms with Crippen molar-refractivity contribution in [1.82, 2.24) is 10.2 Å². The Balaban J connectivity index is 2.65. The summed E-state index contributed by atoms with van der Waals surface area (Å²) in [4.78, 5) is 26.6. The molecule has 0 radical (unpaired) electrons. The van der Waals surface area contributed by atoms with E-state index in [9.17, 15) is 9.59 Å². The first-order chi connectivity index (χ1) is 9.43. The van der Waals surface area contributed by atoms with Crippen LogP contribution in [0, 0.1) is 5.41 Å². The molecule has 1 aliphatic carbocycles. The molecular weight excluding hydrogens is 252 g/mol. The van der Waals surface area contributed by atoms with Crippen LogP contribution in [0.25, 0.3) is 0 Å². The molecular formula is C16H30N2O2. The van der Waals surface area contributed by atoms with Gasteiger partial charge < -0.3 is 10.2 Å². The van der Waals surface area contributed by atoms with Gasteiger partial charge in [-0.05, 0) is 40.5 Å². The second-order valence-electron chi connectivity index (χ2n) is 6.26. The van der Waals surface area contributed by atoms with E-state index in [-0.39, 0.29) is 17.9 Å². The smallest absolute Gasteiger partial charge is 0.237 e. The molecule has 0 aliphatic heterocycles. The molecule has 1 rings (SSSR count). The lowest BCUT2D eigenvalue weighted by Crippen LogP contribution is -2.51. The van der Waals surface area contributed by atoms with Crippen LogP contribution in [0.2, 0.25) is 0 Å². The molecule has 0 unspecified atom stereocenters. The van der Waals surface area contributed by atoms with Gasteiger partial charge in [0.15, 0.2) is 0 Å². The SMILES string of the molecule is CCN(CC)C(=O)C(C)(C)C(=O)NC1CCCCCC1. The lowest BCUT2D eigenvalue weighted by Gasteiger charge is -2.31. The fourth-order valence-electron chi connectivity index (χ4n) is 2.79.